The van der Waals surface area contributed by atoms with E-state index in [1.807, 2.05) is 67.8 Å². The molecule has 202 valence electrons. The predicted octanol–water partition coefficient (Wildman–Crippen LogP) is 5.90. The van der Waals surface area contributed by atoms with Gasteiger partial charge < -0.3 is 23.9 Å². The van der Waals surface area contributed by atoms with Gasteiger partial charge in [0.2, 0.25) is 5.89 Å². The number of aliphatic carboxylic acids is 1. The van der Waals surface area contributed by atoms with E-state index in [9.17, 15) is 14.7 Å². The summed E-state index contributed by atoms with van der Waals surface area (Å²) in [5.41, 5.74) is 4.56. The molecule has 5 rings (SSSR count). The number of ether oxygens (including phenoxy) is 2. The summed E-state index contributed by atoms with van der Waals surface area (Å²) in [5.74, 6) is 1.66. The Labute approximate surface area is 230 Å². The van der Waals surface area contributed by atoms with Gasteiger partial charge in [-0.15, -0.1) is 11.3 Å². The van der Waals surface area contributed by atoms with Gasteiger partial charge in [0, 0.05) is 30.5 Å². The summed E-state index contributed by atoms with van der Waals surface area (Å²) in [7, 11) is 0. The number of benzene rings is 2. The number of amides is 1. The van der Waals surface area contributed by atoms with Gasteiger partial charge in [0.1, 0.15) is 22.1 Å². The molecule has 0 bridgehead atoms. The van der Waals surface area contributed by atoms with Crippen molar-refractivity contribution >= 4 is 23.2 Å². The van der Waals surface area contributed by atoms with Crippen molar-refractivity contribution in [2.75, 3.05) is 13.2 Å². The molecule has 3 heterocycles. The Hall–Kier alpha value is -4.11. The van der Waals surface area contributed by atoms with Crippen molar-refractivity contribution in [2.45, 2.75) is 46.2 Å². The van der Waals surface area contributed by atoms with Crippen molar-refractivity contribution in [3.63, 3.8) is 0 Å². The Morgan fingerprint density at radius 1 is 1.03 bits per heavy atom. The number of hydrogen-bond donors (Lipinski definition) is 1. The summed E-state index contributed by atoms with van der Waals surface area (Å²) in [5, 5.41) is 11.1. The van der Waals surface area contributed by atoms with Gasteiger partial charge in [0.15, 0.2) is 0 Å². The second-order valence-corrected chi connectivity index (χ2v) is 10.2. The summed E-state index contributed by atoms with van der Waals surface area (Å²) >= 11 is 1.36. The van der Waals surface area contributed by atoms with Crippen LogP contribution in [0.3, 0.4) is 0 Å². The molecule has 1 amide bonds. The van der Waals surface area contributed by atoms with E-state index in [-0.39, 0.29) is 12.3 Å². The van der Waals surface area contributed by atoms with E-state index in [0.717, 1.165) is 33.7 Å². The van der Waals surface area contributed by atoms with Gasteiger partial charge in [0.05, 0.1) is 25.5 Å². The molecular formula is C30H30N2O6S. The first kappa shape index (κ1) is 26.5. The van der Waals surface area contributed by atoms with Crippen LogP contribution in [0.15, 0.2) is 58.3 Å². The summed E-state index contributed by atoms with van der Waals surface area (Å²) in [6, 6.07) is 15.4. The average Bonchev–Trinajstić information content (AvgIpc) is 3.67. The van der Waals surface area contributed by atoms with Gasteiger partial charge in [0.25, 0.3) is 5.91 Å². The molecule has 1 aliphatic heterocycles. The Morgan fingerprint density at radius 3 is 2.59 bits per heavy atom. The fraction of sp³-hybridized carbons (Fsp3) is 0.300. The Morgan fingerprint density at radius 2 is 1.82 bits per heavy atom. The lowest BCUT2D eigenvalue weighted by atomic mass is 9.99. The first-order chi connectivity index (χ1) is 18.9. The van der Waals surface area contributed by atoms with Crippen molar-refractivity contribution in [3.8, 4) is 23.0 Å². The number of carbonyl (C=O) groups is 2. The Kier molecular flexibility index (Phi) is 7.97. The smallest absolute Gasteiger partial charge is 0.303 e. The second-order valence-electron chi connectivity index (χ2n) is 9.27. The third kappa shape index (κ3) is 5.83. The van der Waals surface area contributed by atoms with E-state index in [2.05, 4.69) is 4.98 Å². The fourth-order valence-electron chi connectivity index (χ4n) is 4.77. The molecule has 0 radical (unpaired) electrons. The summed E-state index contributed by atoms with van der Waals surface area (Å²) in [6.07, 6.45) is 0.978. The zero-order chi connectivity index (χ0) is 27.4. The minimum atomic E-state index is -0.854. The number of hydrogen-bond acceptors (Lipinski definition) is 7. The Bertz CT molecular complexity index is 1480. The van der Waals surface area contributed by atoms with Crippen LogP contribution >= 0.6 is 11.3 Å². The number of carbonyl (C=O) groups excluding carboxylic acids is 1. The van der Waals surface area contributed by atoms with Crippen LogP contribution in [0, 0.1) is 6.92 Å². The SMILES string of the molecule is CCOc1ccsc1C(=O)N1Cc2c(CCC(=O)O)ccc(OCCc3nc(-c4ccccc4)oc3C)c2C1. The van der Waals surface area contributed by atoms with Crippen LogP contribution < -0.4 is 9.47 Å². The van der Waals surface area contributed by atoms with Crippen molar-refractivity contribution in [3.05, 3.63) is 86.9 Å². The average molecular weight is 547 g/mol. The highest BCUT2D eigenvalue weighted by atomic mass is 32.1. The third-order valence-corrected chi connectivity index (χ3v) is 7.60. The van der Waals surface area contributed by atoms with Crippen molar-refractivity contribution in [1.82, 2.24) is 9.88 Å². The van der Waals surface area contributed by atoms with Gasteiger partial charge in [-0.05, 0) is 61.0 Å². The number of carboxylic acids is 1. The van der Waals surface area contributed by atoms with E-state index in [1.165, 1.54) is 11.3 Å². The number of carboxylic acid groups (broad SMARTS) is 1. The Balaban J connectivity index is 1.33. The number of thiophene rings is 1. The van der Waals surface area contributed by atoms with Crippen LogP contribution in [0.2, 0.25) is 0 Å². The molecule has 0 saturated heterocycles. The molecule has 0 atom stereocenters. The predicted molar refractivity (Wildman–Crippen MR) is 147 cm³/mol. The molecular weight excluding hydrogens is 516 g/mol. The molecule has 0 spiro atoms. The fourth-order valence-corrected chi connectivity index (χ4v) is 5.57. The van der Waals surface area contributed by atoms with Crippen LogP contribution in [-0.2, 0) is 30.7 Å². The molecule has 0 saturated carbocycles. The molecule has 1 aliphatic rings. The van der Waals surface area contributed by atoms with Crippen LogP contribution in [-0.4, -0.2) is 40.1 Å². The van der Waals surface area contributed by atoms with Crippen LogP contribution in [0.5, 0.6) is 11.5 Å². The maximum Gasteiger partial charge on any atom is 0.303 e. The van der Waals surface area contributed by atoms with E-state index in [0.29, 0.717) is 61.4 Å². The van der Waals surface area contributed by atoms with Gasteiger partial charge in [-0.3, -0.25) is 9.59 Å². The number of fused-ring (bicyclic) bond motifs is 1. The van der Waals surface area contributed by atoms with E-state index >= 15 is 0 Å². The van der Waals surface area contributed by atoms with Gasteiger partial charge in [-0.1, -0.05) is 24.3 Å². The minimum Gasteiger partial charge on any atom is -0.493 e. The van der Waals surface area contributed by atoms with Crippen LogP contribution in [0.4, 0.5) is 0 Å². The molecule has 8 nitrogen and oxygen atoms in total. The van der Waals surface area contributed by atoms with Crippen molar-refractivity contribution in [2.24, 2.45) is 0 Å². The highest BCUT2D eigenvalue weighted by Crippen LogP contribution is 2.37. The molecule has 1 N–H and O–H groups in total. The number of aryl methyl sites for hydroxylation is 2. The molecule has 0 aliphatic carbocycles. The lowest BCUT2D eigenvalue weighted by Gasteiger charge is -2.16. The maximum atomic E-state index is 13.4. The first-order valence-corrected chi connectivity index (χ1v) is 13.8. The van der Waals surface area contributed by atoms with Crippen molar-refractivity contribution < 1.29 is 28.6 Å². The summed E-state index contributed by atoms with van der Waals surface area (Å²) < 4.78 is 17.7. The molecule has 0 unspecified atom stereocenters. The molecule has 39 heavy (non-hydrogen) atoms. The standard InChI is InChI=1S/C30H30N2O6S/c1-3-36-26-14-16-39-28(26)30(35)32-17-22-20(10-12-27(33)34)9-11-25(23(22)18-32)37-15-13-24-19(2)38-29(31-24)21-7-5-4-6-8-21/h4-9,11,14,16H,3,10,12-13,15,17-18H2,1-2H3,(H,33,34). The zero-order valence-corrected chi connectivity index (χ0v) is 22.8. The van der Waals surface area contributed by atoms with E-state index < -0.39 is 5.97 Å². The molecule has 2 aromatic heterocycles. The van der Waals surface area contributed by atoms with Gasteiger partial charge in [-0.25, -0.2) is 4.98 Å². The summed E-state index contributed by atoms with van der Waals surface area (Å²) in [4.78, 5) is 31.7. The highest BCUT2D eigenvalue weighted by molar-refractivity contribution is 7.12. The minimum absolute atomic E-state index is 0.0230. The summed E-state index contributed by atoms with van der Waals surface area (Å²) in [6.45, 7) is 5.43. The monoisotopic (exact) mass is 546 g/mol. The maximum absolute atomic E-state index is 13.4. The van der Waals surface area contributed by atoms with Crippen LogP contribution in [0.1, 0.15) is 51.2 Å². The highest BCUT2D eigenvalue weighted by Gasteiger charge is 2.31. The molecule has 0 fully saturated rings. The van der Waals surface area contributed by atoms with Crippen molar-refractivity contribution in [1.29, 1.82) is 0 Å². The lowest BCUT2D eigenvalue weighted by molar-refractivity contribution is -0.136. The number of rotatable bonds is 11. The first-order valence-electron chi connectivity index (χ1n) is 12.9. The molecule has 2 aromatic carbocycles. The van der Waals surface area contributed by atoms with Gasteiger partial charge in [-0.2, -0.15) is 0 Å². The number of aromatic nitrogens is 1. The molecule has 9 heteroatoms. The number of nitrogens with zero attached hydrogens (tertiary/aromatic N) is 2. The third-order valence-electron chi connectivity index (χ3n) is 6.71. The number of oxazole rings is 1. The largest absolute Gasteiger partial charge is 0.493 e. The van der Waals surface area contributed by atoms with E-state index in [4.69, 9.17) is 13.9 Å². The molecule has 4 aromatic rings. The van der Waals surface area contributed by atoms with E-state index in [1.54, 1.807) is 4.90 Å². The second kappa shape index (κ2) is 11.7. The topological polar surface area (TPSA) is 102 Å². The van der Waals surface area contributed by atoms with Gasteiger partial charge >= 0.3 is 5.97 Å². The normalized spacial score (nSPS) is 12.4. The van der Waals surface area contributed by atoms with Crippen LogP contribution in [0.25, 0.3) is 11.5 Å². The quantitative estimate of drug-likeness (QED) is 0.250. The lowest BCUT2D eigenvalue weighted by Crippen LogP contribution is -2.25. The zero-order valence-electron chi connectivity index (χ0n) is 21.9.